The third-order valence-corrected chi connectivity index (χ3v) is 12.7. The number of nitrogens with zero attached hydrogens (tertiary/aromatic N) is 2. The Morgan fingerprint density at radius 2 is 0.787 bits per heavy atom. The Morgan fingerprint density at radius 3 is 1.54 bits per heavy atom. The molecule has 0 radical (unpaired) electrons. The molecule has 0 fully saturated rings. The maximum Gasteiger partial charge on any atom is 0.143 e. The largest absolute Gasteiger partial charge is 0.455 e. The number of hydrogen-bond acceptors (Lipinski definition) is 1. The van der Waals surface area contributed by atoms with Crippen molar-refractivity contribution in [2.45, 2.75) is 0 Å². The number of fused-ring (bicyclic) bond motifs is 10. The minimum Gasteiger partial charge on any atom is -0.455 e. The first kappa shape index (κ1) is 33.8. The van der Waals surface area contributed by atoms with Crippen molar-refractivity contribution in [1.29, 1.82) is 0 Å². The lowest BCUT2D eigenvalue weighted by atomic mass is 9.98. The van der Waals surface area contributed by atoms with Gasteiger partial charge in [-0.25, -0.2) is 0 Å². The zero-order valence-electron chi connectivity index (χ0n) is 33.1. The Morgan fingerprint density at radius 1 is 0.279 bits per heavy atom. The number of hydrogen-bond donors (Lipinski definition) is 0. The van der Waals surface area contributed by atoms with Gasteiger partial charge in [0.25, 0.3) is 0 Å². The Labute approximate surface area is 351 Å². The summed E-state index contributed by atoms with van der Waals surface area (Å²) in [5.74, 6) is 0. The average Bonchev–Trinajstić information content (AvgIpc) is 3.99. The summed E-state index contributed by atoms with van der Waals surface area (Å²) in [7, 11) is 0. The second-order valence-electron chi connectivity index (χ2n) is 16.1. The van der Waals surface area contributed by atoms with E-state index in [1.165, 1.54) is 76.6 Å². The summed E-state index contributed by atoms with van der Waals surface area (Å²) in [6, 6.07) is 79.3. The smallest absolute Gasteiger partial charge is 0.143 e. The Hall–Kier alpha value is -8.14. The van der Waals surface area contributed by atoms with Crippen LogP contribution in [-0.2, 0) is 0 Å². The van der Waals surface area contributed by atoms with Crippen molar-refractivity contribution in [3.05, 3.63) is 218 Å². The van der Waals surface area contributed by atoms with Crippen molar-refractivity contribution in [3.63, 3.8) is 0 Å². The maximum atomic E-state index is 6.51. The number of furan rings is 1. The van der Waals surface area contributed by atoms with Gasteiger partial charge >= 0.3 is 0 Å². The molecule has 0 unspecified atom stereocenters. The summed E-state index contributed by atoms with van der Waals surface area (Å²) in [6.07, 6.45) is 0. The van der Waals surface area contributed by atoms with E-state index in [0.29, 0.717) is 0 Å². The fraction of sp³-hybridized carbons (Fsp3) is 0. The molecule has 0 spiro atoms. The van der Waals surface area contributed by atoms with Crippen LogP contribution < -0.4 is 0 Å². The second-order valence-corrected chi connectivity index (χ2v) is 16.1. The van der Waals surface area contributed by atoms with Gasteiger partial charge in [0.1, 0.15) is 11.2 Å². The molecule has 284 valence electrons. The lowest BCUT2D eigenvalue weighted by Gasteiger charge is -2.10. The monoisotopic (exact) mass is 776 g/mol. The van der Waals surface area contributed by atoms with E-state index in [4.69, 9.17) is 4.42 Å². The first-order chi connectivity index (χ1) is 30.2. The molecule has 3 heterocycles. The Balaban J connectivity index is 0.953. The molecule has 3 heteroatoms. The molecule has 3 nitrogen and oxygen atoms in total. The summed E-state index contributed by atoms with van der Waals surface area (Å²) < 4.78 is 11.3. The molecule has 3 aromatic heterocycles. The van der Waals surface area contributed by atoms with E-state index in [2.05, 4.69) is 221 Å². The van der Waals surface area contributed by atoms with Crippen LogP contribution in [0, 0.1) is 0 Å². The Kier molecular flexibility index (Phi) is 7.31. The molecule has 0 bridgehead atoms. The predicted molar refractivity (Wildman–Crippen MR) is 256 cm³/mol. The zero-order chi connectivity index (χ0) is 40.0. The van der Waals surface area contributed by atoms with Crippen LogP contribution in [0.15, 0.2) is 223 Å². The van der Waals surface area contributed by atoms with Crippen molar-refractivity contribution in [3.8, 4) is 44.8 Å². The van der Waals surface area contributed by atoms with Gasteiger partial charge in [0.15, 0.2) is 0 Å². The summed E-state index contributed by atoms with van der Waals surface area (Å²) in [5, 5.41) is 9.68. The van der Waals surface area contributed by atoms with Crippen LogP contribution in [0.1, 0.15) is 0 Å². The fourth-order valence-corrected chi connectivity index (χ4v) is 9.80. The maximum absolute atomic E-state index is 6.51. The van der Waals surface area contributed by atoms with Gasteiger partial charge in [-0.1, -0.05) is 140 Å². The molecule has 0 amide bonds. The second kappa shape index (κ2) is 13.2. The van der Waals surface area contributed by atoms with E-state index in [0.717, 1.165) is 44.4 Å². The highest BCUT2D eigenvalue weighted by molar-refractivity contribution is 6.15. The molecule has 61 heavy (non-hydrogen) atoms. The van der Waals surface area contributed by atoms with Gasteiger partial charge < -0.3 is 13.6 Å². The summed E-state index contributed by atoms with van der Waals surface area (Å²) in [6.45, 7) is 0. The summed E-state index contributed by atoms with van der Waals surface area (Å²) >= 11 is 0. The lowest BCUT2D eigenvalue weighted by molar-refractivity contribution is 0.670. The van der Waals surface area contributed by atoms with Crippen LogP contribution in [0.4, 0.5) is 0 Å². The minimum absolute atomic E-state index is 0.909. The van der Waals surface area contributed by atoms with E-state index in [9.17, 15) is 0 Å². The van der Waals surface area contributed by atoms with Crippen molar-refractivity contribution < 1.29 is 4.42 Å². The molecular weight excluding hydrogens is 741 g/mol. The van der Waals surface area contributed by atoms with Crippen molar-refractivity contribution in [1.82, 2.24) is 9.13 Å². The highest BCUT2D eigenvalue weighted by atomic mass is 16.3. The van der Waals surface area contributed by atoms with Crippen LogP contribution in [-0.4, -0.2) is 9.13 Å². The topological polar surface area (TPSA) is 23.0 Å². The first-order valence-corrected chi connectivity index (χ1v) is 20.9. The standard InChI is InChI=1S/C58H36N2O/c1-2-13-44(14-3-1)59-55-31-26-42(35-51(55)52-36-43(27-32-56(52)59)46-17-10-18-49-48-16-7-9-20-57(48)61-58(46)49)41-25-30-54-50(34-41)47-15-6-8-19-53(47)60(54)45-28-23-38(24-29-45)40-22-21-37-11-4-5-12-39(37)33-40/h1-36H. The number of aromatic nitrogens is 2. The minimum atomic E-state index is 0.909. The molecule has 13 aromatic rings. The van der Waals surface area contributed by atoms with Crippen LogP contribution in [0.2, 0.25) is 0 Å². The molecule has 0 aliphatic rings. The normalized spacial score (nSPS) is 11.9. The van der Waals surface area contributed by atoms with Gasteiger partial charge in [-0.2, -0.15) is 0 Å². The van der Waals surface area contributed by atoms with Gasteiger partial charge in [0.2, 0.25) is 0 Å². The molecule has 0 aliphatic heterocycles. The molecule has 10 aromatic carbocycles. The number of rotatable bonds is 5. The zero-order valence-corrected chi connectivity index (χ0v) is 33.1. The van der Waals surface area contributed by atoms with Gasteiger partial charge in [-0.3, -0.25) is 0 Å². The van der Waals surface area contributed by atoms with E-state index < -0.39 is 0 Å². The number of para-hydroxylation sites is 4. The Bertz CT molecular complexity index is 3860. The lowest BCUT2D eigenvalue weighted by Crippen LogP contribution is -1.94. The van der Waals surface area contributed by atoms with Crippen LogP contribution in [0.25, 0.3) is 121 Å². The molecule has 0 saturated carbocycles. The first-order valence-electron chi connectivity index (χ1n) is 20.9. The highest BCUT2D eigenvalue weighted by Gasteiger charge is 2.18. The molecule has 0 aliphatic carbocycles. The molecule has 0 saturated heterocycles. The molecule has 0 atom stereocenters. The highest BCUT2D eigenvalue weighted by Crippen LogP contribution is 2.42. The van der Waals surface area contributed by atoms with E-state index in [1.807, 2.05) is 6.07 Å². The predicted octanol–water partition coefficient (Wildman–Crippen LogP) is 15.9. The molecule has 13 rings (SSSR count). The van der Waals surface area contributed by atoms with E-state index >= 15 is 0 Å². The van der Waals surface area contributed by atoms with Gasteiger partial charge in [-0.15, -0.1) is 0 Å². The van der Waals surface area contributed by atoms with Crippen LogP contribution >= 0.6 is 0 Å². The molecular formula is C58H36N2O. The van der Waals surface area contributed by atoms with Gasteiger partial charge in [-0.05, 0) is 117 Å². The SMILES string of the molecule is c1ccc(-n2c3ccc(-c4ccc5c(c4)c4ccccc4n5-c4ccc(-c5ccc6ccccc6c5)cc4)cc3c3cc(-c4cccc5c4oc4ccccc45)ccc32)cc1. The number of benzene rings is 10. The third kappa shape index (κ3) is 5.24. The quantitative estimate of drug-likeness (QED) is 0.171. The fourth-order valence-electron chi connectivity index (χ4n) is 9.80. The average molecular weight is 777 g/mol. The summed E-state index contributed by atoms with van der Waals surface area (Å²) in [5.41, 5.74) is 15.9. The van der Waals surface area contributed by atoms with Crippen molar-refractivity contribution in [2.75, 3.05) is 0 Å². The van der Waals surface area contributed by atoms with Gasteiger partial charge in [0, 0.05) is 49.3 Å². The van der Waals surface area contributed by atoms with E-state index in [-0.39, 0.29) is 0 Å². The van der Waals surface area contributed by atoms with Gasteiger partial charge in [0.05, 0.1) is 22.1 Å². The third-order valence-electron chi connectivity index (χ3n) is 12.7. The summed E-state index contributed by atoms with van der Waals surface area (Å²) in [4.78, 5) is 0. The van der Waals surface area contributed by atoms with E-state index in [1.54, 1.807) is 0 Å². The van der Waals surface area contributed by atoms with Crippen LogP contribution in [0.5, 0.6) is 0 Å². The molecule has 0 N–H and O–H groups in total. The van der Waals surface area contributed by atoms with Crippen molar-refractivity contribution in [2.24, 2.45) is 0 Å². The van der Waals surface area contributed by atoms with Crippen molar-refractivity contribution >= 4 is 76.3 Å². The van der Waals surface area contributed by atoms with Crippen LogP contribution in [0.3, 0.4) is 0 Å².